The number of alkyl halides is 4. The van der Waals surface area contributed by atoms with E-state index in [2.05, 4.69) is 15.3 Å². The molecule has 1 aliphatic heterocycles. The number of fused-ring (bicyclic) bond motifs is 1. The summed E-state index contributed by atoms with van der Waals surface area (Å²) in [7, 11) is 0. The number of nitrogens with one attached hydrogen (secondary N) is 1. The number of hydrogen-bond acceptors (Lipinski definition) is 5. The first-order valence-corrected chi connectivity index (χ1v) is 10.3. The molecule has 0 bridgehead atoms. The number of hydrogen-bond donors (Lipinski definition) is 1. The first kappa shape index (κ1) is 24.4. The van der Waals surface area contributed by atoms with E-state index >= 15 is 0 Å². The number of rotatable bonds is 9. The predicted molar refractivity (Wildman–Crippen MR) is 110 cm³/mol. The van der Waals surface area contributed by atoms with Crippen molar-refractivity contribution in [3.63, 3.8) is 0 Å². The zero-order valence-corrected chi connectivity index (χ0v) is 18.4. The van der Waals surface area contributed by atoms with Crippen LogP contribution in [0, 0.1) is 6.92 Å². The van der Waals surface area contributed by atoms with Gasteiger partial charge in [0.25, 0.3) is 5.91 Å². The van der Waals surface area contributed by atoms with Crippen LogP contribution in [0.4, 0.5) is 17.6 Å². The third kappa shape index (κ3) is 5.23. The van der Waals surface area contributed by atoms with Crippen molar-refractivity contribution in [3.8, 4) is 5.75 Å². The highest BCUT2D eigenvalue weighted by Gasteiger charge is 2.42. The van der Waals surface area contributed by atoms with Crippen LogP contribution < -0.4 is 10.1 Å². The highest BCUT2D eigenvalue weighted by Crippen LogP contribution is 2.33. The Morgan fingerprint density at radius 3 is 2.70 bits per heavy atom. The zero-order chi connectivity index (χ0) is 24.3. The molecular formula is C22H24F4N4O3. The lowest BCUT2D eigenvalue weighted by Gasteiger charge is -2.24. The zero-order valence-electron chi connectivity index (χ0n) is 18.4. The number of nitrogens with zero attached hydrogens (tertiary/aromatic N) is 3. The van der Waals surface area contributed by atoms with E-state index in [0.717, 1.165) is 0 Å². The maximum Gasteiger partial charge on any atom is 0.340 e. The van der Waals surface area contributed by atoms with Crippen molar-refractivity contribution in [1.82, 2.24) is 20.2 Å². The summed E-state index contributed by atoms with van der Waals surface area (Å²) in [6, 6.07) is 2.67. The molecule has 3 rings (SSSR count). The van der Waals surface area contributed by atoms with Gasteiger partial charge in [-0.25, -0.2) is 8.78 Å². The number of likely N-dealkylation sites (N-methyl/N-ethyl adjacent to an activating group) is 1. The number of carbonyl (C=O) groups is 2. The van der Waals surface area contributed by atoms with Crippen molar-refractivity contribution < 1.29 is 31.9 Å². The SMILES string of the molecule is CCNC(=O)Cc1nccc2c1CN(C(C)c1cc(C)c(OCC(F)(F)C(F)F)cn1)C2=O. The largest absolute Gasteiger partial charge is 0.485 e. The van der Waals surface area contributed by atoms with Gasteiger partial charge in [0.2, 0.25) is 5.91 Å². The quantitative estimate of drug-likeness (QED) is 0.570. The molecule has 0 radical (unpaired) electrons. The Kier molecular flexibility index (Phi) is 7.19. The summed E-state index contributed by atoms with van der Waals surface area (Å²) in [6.07, 6.45) is -1.11. The maximum atomic E-state index is 13.1. The molecule has 1 atom stereocenters. The smallest absolute Gasteiger partial charge is 0.340 e. The molecule has 1 N–H and O–H groups in total. The van der Waals surface area contributed by atoms with Gasteiger partial charge in [0, 0.05) is 30.4 Å². The maximum absolute atomic E-state index is 13.1. The molecule has 0 saturated heterocycles. The van der Waals surface area contributed by atoms with Gasteiger partial charge in [-0.05, 0) is 38.5 Å². The molecule has 2 aromatic heterocycles. The molecule has 33 heavy (non-hydrogen) atoms. The number of amides is 2. The lowest BCUT2D eigenvalue weighted by Crippen LogP contribution is -2.34. The number of aryl methyl sites for hydroxylation is 1. The van der Waals surface area contributed by atoms with Crippen LogP contribution in [0.25, 0.3) is 0 Å². The molecule has 178 valence electrons. The average molecular weight is 468 g/mol. The van der Waals surface area contributed by atoms with Gasteiger partial charge in [0.15, 0.2) is 6.61 Å². The van der Waals surface area contributed by atoms with Crippen LogP contribution in [0.5, 0.6) is 5.75 Å². The van der Waals surface area contributed by atoms with Crippen LogP contribution in [0.2, 0.25) is 0 Å². The van der Waals surface area contributed by atoms with Crippen molar-refractivity contribution in [1.29, 1.82) is 0 Å². The topological polar surface area (TPSA) is 84.4 Å². The second-order valence-corrected chi connectivity index (χ2v) is 7.75. The second-order valence-electron chi connectivity index (χ2n) is 7.75. The van der Waals surface area contributed by atoms with Gasteiger partial charge >= 0.3 is 12.3 Å². The molecule has 11 heteroatoms. The minimum atomic E-state index is -4.27. The Morgan fingerprint density at radius 1 is 1.33 bits per heavy atom. The molecule has 7 nitrogen and oxygen atoms in total. The molecule has 0 fully saturated rings. The Hall–Kier alpha value is -3.24. The highest BCUT2D eigenvalue weighted by molar-refractivity contribution is 5.99. The van der Waals surface area contributed by atoms with E-state index in [9.17, 15) is 27.2 Å². The standard InChI is InChI=1S/C22H24F4N4O3/c1-4-27-19(31)8-17-15-10-30(20(32)14(15)5-6-28-17)13(3)16-7-12(2)18(9-29-16)33-11-22(25,26)21(23)24/h5-7,9,13,21H,4,8,10-11H2,1-3H3,(H,27,31). The number of pyridine rings is 2. The molecule has 0 spiro atoms. The van der Waals surface area contributed by atoms with Gasteiger partial charge in [-0.3, -0.25) is 19.6 Å². The minimum Gasteiger partial charge on any atom is -0.485 e. The highest BCUT2D eigenvalue weighted by atomic mass is 19.3. The van der Waals surface area contributed by atoms with Crippen LogP contribution in [-0.2, 0) is 17.8 Å². The molecule has 2 aromatic rings. The summed E-state index contributed by atoms with van der Waals surface area (Å²) >= 11 is 0. The van der Waals surface area contributed by atoms with Crippen LogP contribution in [0.3, 0.4) is 0 Å². The lowest BCUT2D eigenvalue weighted by atomic mass is 10.1. The molecule has 0 aromatic carbocycles. The van der Waals surface area contributed by atoms with Crippen molar-refractivity contribution in [2.75, 3.05) is 13.2 Å². The van der Waals surface area contributed by atoms with E-state index in [1.807, 2.05) is 6.92 Å². The summed E-state index contributed by atoms with van der Waals surface area (Å²) < 4.78 is 55.8. The van der Waals surface area contributed by atoms with Crippen molar-refractivity contribution in [2.45, 2.75) is 52.1 Å². The van der Waals surface area contributed by atoms with E-state index in [4.69, 9.17) is 4.74 Å². The molecular weight excluding hydrogens is 444 g/mol. The van der Waals surface area contributed by atoms with Gasteiger partial charge in [-0.2, -0.15) is 8.78 Å². The molecule has 1 aliphatic rings. The predicted octanol–water partition coefficient (Wildman–Crippen LogP) is 3.46. The van der Waals surface area contributed by atoms with Crippen molar-refractivity contribution in [2.24, 2.45) is 0 Å². The van der Waals surface area contributed by atoms with Gasteiger partial charge in [-0.1, -0.05) is 0 Å². The van der Waals surface area contributed by atoms with Crippen molar-refractivity contribution in [3.05, 3.63) is 52.6 Å². The summed E-state index contributed by atoms with van der Waals surface area (Å²) in [5, 5.41) is 2.71. The third-order valence-electron chi connectivity index (χ3n) is 5.39. The fourth-order valence-corrected chi connectivity index (χ4v) is 3.53. The molecule has 0 saturated carbocycles. The van der Waals surface area contributed by atoms with Crippen LogP contribution in [0.1, 0.15) is 52.8 Å². The molecule has 2 amide bonds. The summed E-state index contributed by atoms with van der Waals surface area (Å²) in [5.74, 6) is -4.75. The number of halogens is 4. The van der Waals surface area contributed by atoms with E-state index in [1.54, 1.807) is 30.9 Å². The van der Waals surface area contributed by atoms with Gasteiger partial charge in [-0.15, -0.1) is 0 Å². The fraction of sp³-hybridized carbons (Fsp3) is 0.455. The Labute approximate surface area is 188 Å². The van der Waals surface area contributed by atoms with Crippen molar-refractivity contribution >= 4 is 11.8 Å². The minimum absolute atomic E-state index is 0.0456. The van der Waals surface area contributed by atoms with Gasteiger partial charge < -0.3 is 15.0 Å². The Balaban J connectivity index is 1.76. The van der Waals surface area contributed by atoms with Crippen LogP contribution in [0.15, 0.2) is 24.5 Å². The van der Waals surface area contributed by atoms with E-state index in [0.29, 0.717) is 34.6 Å². The number of ether oxygens (including phenoxy) is 1. The third-order valence-corrected chi connectivity index (χ3v) is 5.39. The van der Waals surface area contributed by atoms with Crippen LogP contribution in [-0.4, -0.2) is 52.2 Å². The normalized spacial score (nSPS) is 14.4. The Bertz CT molecular complexity index is 1050. The summed E-state index contributed by atoms with van der Waals surface area (Å²) in [5.41, 5.74) is 2.54. The fourth-order valence-electron chi connectivity index (χ4n) is 3.53. The summed E-state index contributed by atoms with van der Waals surface area (Å²) in [4.78, 5) is 35.0. The number of carbonyl (C=O) groups excluding carboxylic acids is 2. The lowest BCUT2D eigenvalue weighted by molar-refractivity contribution is -0.148. The van der Waals surface area contributed by atoms with E-state index < -0.39 is 25.0 Å². The first-order valence-electron chi connectivity index (χ1n) is 10.3. The molecule has 1 unspecified atom stereocenters. The van der Waals surface area contributed by atoms with E-state index in [-0.39, 0.29) is 30.5 Å². The monoisotopic (exact) mass is 468 g/mol. The molecule has 3 heterocycles. The summed E-state index contributed by atoms with van der Waals surface area (Å²) in [6.45, 7) is 4.39. The Morgan fingerprint density at radius 2 is 2.06 bits per heavy atom. The van der Waals surface area contributed by atoms with Gasteiger partial charge in [0.05, 0.1) is 30.0 Å². The first-order chi connectivity index (χ1) is 15.5. The van der Waals surface area contributed by atoms with Gasteiger partial charge in [0.1, 0.15) is 5.75 Å². The van der Waals surface area contributed by atoms with Crippen LogP contribution >= 0.6 is 0 Å². The van der Waals surface area contributed by atoms with E-state index in [1.165, 1.54) is 12.4 Å². The molecule has 0 aliphatic carbocycles. The second kappa shape index (κ2) is 9.72. The number of aromatic nitrogens is 2. The average Bonchev–Trinajstić information content (AvgIpc) is 3.10.